The van der Waals surface area contributed by atoms with Gasteiger partial charge >= 0.3 is 5.97 Å². The van der Waals surface area contributed by atoms with Gasteiger partial charge in [0.25, 0.3) is 0 Å². The van der Waals surface area contributed by atoms with E-state index < -0.39 is 5.97 Å². The molecule has 0 radical (unpaired) electrons. The fourth-order valence-corrected chi connectivity index (χ4v) is 2.86. The number of para-hydroxylation sites is 1. The molecule has 1 heterocycles. The van der Waals surface area contributed by atoms with E-state index >= 15 is 0 Å². The monoisotopic (exact) mass is 452 g/mol. The highest BCUT2D eigenvalue weighted by Crippen LogP contribution is 2.26. The van der Waals surface area contributed by atoms with Gasteiger partial charge in [-0.25, -0.2) is 0 Å². The lowest BCUT2D eigenvalue weighted by atomic mass is 9.97. The molecule has 0 bridgehead atoms. The molecule has 0 fully saturated rings. The van der Waals surface area contributed by atoms with Crippen LogP contribution in [0.15, 0.2) is 53.1 Å². The molecule has 0 aliphatic heterocycles. The summed E-state index contributed by atoms with van der Waals surface area (Å²) in [5.74, 6) is -1.28. The predicted octanol–water partition coefficient (Wildman–Crippen LogP) is 2.80. The lowest BCUT2D eigenvalue weighted by molar-refractivity contribution is -0.136. The summed E-state index contributed by atoms with van der Waals surface area (Å²) in [6.07, 6.45) is 1.01. The Morgan fingerprint density at radius 3 is 2.62 bits per heavy atom. The van der Waals surface area contributed by atoms with Crippen molar-refractivity contribution in [2.75, 3.05) is 5.32 Å². The van der Waals surface area contributed by atoms with Crippen molar-refractivity contribution < 1.29 is 14.7 Å². The Labute approximate surface area is 173 Å². The summed E-state index contributed by atoms with van der Waals surface area (Å²) >= 11 is 3.32. The van der Waals surface area contributed by atoms with E-state index in [2.05, 4.69) is 41.9 Å². The minimum atomic E-state index is -1.05. The molecule has 3 N–H and O–H groups in total. The van der Waals surface area contributed by atoms with Crippen LogP contribution in [0.25, 0.3) is 5.57 Å². The van der Waals surface area contributed by atoms with E-state index in [0.29, 0.717) is 16.8 Å². The number of aliphatic carboxylic acids is 1. The van der Waals surface area contributed by atoms with Gasteiger partial charge in [-0.3, -0.25) is 9.59 Å². The Bertz CT molecular complexity index is 1120. The van der Waals surface area contributed by atoms with Crippen LogP contribution < -0.4 is 5.32 Å². The summed E-state index contributed by atoms with van der Waals surface area (Å²) in [5.41, 5.74) is 1.45. The number of carbonyl (C=O) groups excluding carboxylic acids is 1. The molecule has 0 aliphatic carbocycles. The highest BCUT2D eigenvalue weighted by atomic mass is 79.9. The zero-order valence-electron chi connectivity index (χ0n) is 14.8. The van der Waals surface area contributed by atoms with E-state index in [-0.39, 0.29) is 29.2 Å². The van der Waals surface area contributed by atoms with Gasteiger partial charge in [-0.1, -0.05) is 28.1 Å². The van der Waals surface area contributed by atoms with Gasteiger partial charge in [0.15, 0.2) is 5.78 Å². The summed E-state index contributed by atoms with van der Waals surface area (Å²) in [7, 11) is 0. The van der Waals surface area contributed by atoms with Crippen LogP contribution in [0.2, 0.25) is 0 Å². The number of nitriles is 1. The van der Waals surface area contributed by atoms with E-state index in [9.17, 15) is 20.0 Å². The number of aromatic amines is 1. The maximum atomic E-state index is 13.0. The van der Waals surface area contributed by atoms with E-state index in [1.807, 2.05) is 6.07 Å². The second-order valence-electron chi connectivity index (χ2n) is 5.80. The third kappa shape index (κ3) is 4.72. The van der Waals surface area contributed by atoms with E-state index in [1.54, 1.807) is 42.5 Å². The summed E-state index contributed by atoms with van der Waals surface area (Å²) in [4.78, 5) is 24.3. The predicted molar refractivity (Wildman–Crippen MR) is 107 cm³/mol. The number of allylic oxidation sites excluding steroid dienone is 1. The number of carbonyl (C=O) groups is 2. The molecular weight excluding hydrogens is 440 g/mol. The number of aromatic nitrogens is 4. The number of carboxylic acid groups (broad SMARTS) is 1. The first-order valence-electron chi connectivity index (χ1n) is 8.24. The van der Waals surface area contributed by atoms with Crippen LogP contribution in [0.1, 0.15) is 27.3 Å². The normalized spacial score (nSPS) is 11.0. The van der Waals surface area contributed by atoms with Crippen molar-refractivity contribution >= 4 is 38.9 Å². The topological polar surface area (TPSA) is 145 Å². The first kappa shape index (κ1) is 19.9. The second-order valence-corrected chi connectivity index (χ2v) is 6.71. The zero-order valence-corrected chi connectivity index (χ0v) is 16.3. The number of benzene rings is 2. The van der Waals surface area contributed by atoms with Gasteiger partial charge in [-0.2, -0.15) is 10.5 Å². The number of anilines is 1. The first-order valence-corrected chi connectivity index (χ1v) is 9.03. The summed E-state index contributed by atoms with van der Waals surface area (Å²) < 4.78 is 0.828. The van der Waals surface area contributed by atoms with Crippen molar-refractivity contribution in [3.63, 3.8) is 0 Å². The SMILES string of the molecule is N#CC(=CNc1c(CC(=O)O)cccc1C(=O)c1ccc(Br)cc1)c1nn[nH]n1. The number of hydrogen-bond acceptors (Lipinski definition) is 7. The molecule has 3 rings (SSSR count). The minimum Gasteiger partial charge on any atom is -0.481 e. The van der Waals surface area contributed by atoms with Gasteiger partial charge in [-0.15, -0.1) is 10.2 Å². The van der Waals surface area contributed by atoms with Gasteiger partial charge in [0.1, 0.15) is 11.6 Å². The molecule has 3 aromatic rings. The van der Waals surface area contributed by atoms with Crippen LogP contribution in [0.4, 0.5) is 5.69 Å². The number of H-pyrrole nitrogens is 1. The average molecular weight is 453 g/mol. The average Bonchev–Trinajstić information content (AvgIpc) is 3.23. The standard InChI is InChI=1S/C19H13BrN6O3/c20-14-6-4-11(5-7-14)18(29)15-3-1-2-12(8-16(27)28)17(15)22-10-13(9-21)19-23-25-26-24-19/h1-7,10,22H,8H2,(H,27,28)(H,23,24,25,26). The molecule has 0 aliphatic rings. The Kier molecular flexibility index (Phi) is 6.11. The number of ketones is 1. The quantitative estimate of drug-likeness (QED) is 0.366. The highest BCUT2D eigenvalue weighted by Gasteiger charge is 2.18. The van der Waals surface area contributed by atoms with Gasteiger partial charge < -0.3 is 10.4 Å². The number of halogens is 1. The molecule has 0 amide bonds. The fraction of sp³-hybridized carbons (Fsp3) is 0.0526. The molecule has 29 heavy (non-hydrogen) atoms. The van der Waals surface area contributed by atoms with Crippen molar-refractivity contribution in [2.24, 2.45) is 0 Å². The summed E-state index contributed by atoms with van der Waals surface area (Å²) in [5, 5.41) is 34.6. The van der Waals surface area contributed by atoms with Crippen LogP contribution in [-0.4, -0.2) is 37.5 Å². The molecule has 2 aromatic carbocycles. The molecule has 0 atom stereocenters. The van der Waals surface area contributed by atoms with Crippen LogP contribution in [0.5, 0.6) is 0 Å². The minimum absolute atomic E-state index is 0.0610. The van der Waals surface area contributed by atoms with E-state index in [1.165, 1.54) is 6.20 Å². The molecular formula is C19H13BrN6O3. The van der Waals surface area contributed by atoms with Crippen LogP contribution in [-0.2, 0) is 11.2 Å². The van der Waals surface area contributed by atoms with Gasteiger partial charge in [0, 0.05) is 21.8 Å². The second kappa shape index (κ2) is 8.90. The van der Waals surface area contributed by atoms with Gasteiger partial charge in [0.05, 0.1) is 12.1 Å². The van der Waals surface area contributed by atoms with Gasteiger partial charge in [-0.05, 0) is 41.1 Å². The Balaban J connectivity index is 2.05. The number of nitrogens with zero attached hydrogens (tertiary/aromatic N) is 4. The molecule has 1 aromatic heterocycles. The van der Waals surface area contributed by atoms with Crippen molar-refractivity contribution in [3.8, 4) is 6.07 Å². The van der Waals surface area contributed by atoms with Crippen molar-refractivity contribution in [2.45, 2.75) is 6.42 Å². The molecule has 0 saturated carbocycles. The molecule has 0 spiro atoms. The molecule has 0 unspecified atom stereocenters. The lowest BCUT2D eigenvalue weighted by Crippen LogP contribution is -2.10. The maximum Gasteiger partial charge on any atom is 0.307 e. The zero-order chi connectivity index (χ0) is 20.8. The summed E-state index contributed by atoms with van der Waals surface area (Å²) in [6, 6.07) is 13.5. The third-order valence-electron chi connectivity index (χ3n) is 3.91. The van der Waals surface area contributed by atoms with Crippen LogP contribution >= 0.6 is 15.9 Å². The van der Waals surface area contributed by atoms with Crippen molar-refractivity contribution in [3.05, 3.63) is 75.7 Å². The third-order valence-corrected chi connectivity index (χ3v) is 4.44. The summed E-state index contributed by atoms with van der Waals surface area (Å²) in [6.45, 7) is 0. The molecule has 144 valence electrons. The Morgan fingerprint density at radius 2 is 2.00 bits per heavy atom. The smallest absolute Gasteiger partial charge is 0.307 e. The lowest BCUT2D eigenvalue weighted by Gasteiger charge is -2.13. The van der Waals surface area contributed by atoms with Crippen molar-refractivity contribution in [1.82, 2.24) is 20.6 Å². The largest absolute Gasteiger partial charge is 0.481 e. The van der Waals surface area contributed by atoms with E-state index in [4.69, 9.17) is 0 Å². The van der Waals surface area contributed by atoms with E-state index in [0.717, 1.165) is 4.47 Å². The van der Waals surface area contributed by atoms with Crippen LogP contribution in [0.3, 0.4) is 0 Å². The number of carboxylic acids is 1. The number of nitrogens with one attached hydrogen (secondary N) is 2. The Morgan fingerprint density at radius 1 is 1.24 bits per heavy atom. The molecule has 0 saturated heterocycles. The number of hydrogen-bond donors (Lipinski definition) is 3. The molecule has 10 heteroatoms. The number of rotatable bonds is 7. The first-order chi connectivity index (χ1) is 14.0. The van der Waals surface area contributed by atoms with Gasteiger partial charge in [0.2, 0.25) is 5.82 Å². The highest BCUT2D eigenvalue weighted by molar-refractivity contribution is 9.10. The Hall–Kier alpha value is -3.84. The van der Waals surface area contributed by atoms with Crippen molar-refractivity contribution in [1.29, 1.82) is 5.26 Å². The molecule has 9 nitrogen and oxygen atoms in total. The van der Waals surface area contributed by atoms with Crippen LogP contribution in [0, 0.1) is 11.3 Å². The number of tetrazole rings is 1. The fourth-order valence-electron chi connectivity index (χ4n) is 2.59. The maximum absolute atomic E-state index is 13.0.